The zero-order valence-electron chi connectivity index (χ0n) is 23.7. The van der Waals surface area contributed by atoms with Crippen molar-refractivity contribution in [3.8, 4) is 17.2 Å². The molecule has 0 unspecified atom stereocenters. The number of alkyl halides is 3. The molecule has 11 nitrogen and oxygen atoms in total. The lowest BCUT2D eigenvalue weighted by molar-refractivity contribution is -0.189. The van der Waals surface area contributed by atoms with Crippen LogP contribution in [0.4, 0.5) is 23.2 Å². The highest BCUT2D eigenvalue weighted by molar-refractivity contribution is 9.10. The number of sulfonamides is 1. The van der Waals surface area contributed by atoms with Crippen molar-refractivity contribution in [1.82, 2.24) is 16.0 Å². The van der Waals surface area contributed by atoms with Crippen LogP contribution >= 0.6 is 15.9 Å². The maximum Gasteiger partial charge on any atom is 0.491 e. The van der Waals surface area contributed by atoms with E-state index in [-0.39, 0.29) is 23.1 Å². The summed E-state index contributed by atoms with van der Waals surface area (Å²) in [4.78, 5) is 36.0. The van der Waals surface area contributed by atoms with Crippen LogP contribution in [0.3, 0.4) is 0 Å². The molecule has 17 heteroatoms. The van der Waals surface area contributed by atoms with Crippen LogP contribution in [0.1, 0.15) is 23.2 Å². The minimum absolute atomic E-state index is 0.120. The van der Waals surface area contributed by atoms with Gasteiger partial charge in [0.2, 0.25) is 5.91 Å². The number of halogens is 5. The van der Waals surface area contributed by atoms with E-state index in [0.717, 1.165) is 60.7 Å². The van der Waals surface area contributed by atoms with E-state index in [4.69, 9.17) is 4.74 Å². The largest absolute Gasteiger partial charge is 0.491 e. The van der Waals surface area contributed by atoms with Crippen LogP contribution < -0.4 is 30.1 Å². The number of carbonyl (C=O) groups is 3. The third-order valence-corrected chi connectivity index (χ3v) is 8.52. The molecule has 4 N–H and O–H groups in total. The topological polar surface area (TPSA) is 152 Å². The summed E-state index contributed by atoms with van der Waals surface area (Å²) < 4.78 is 92.7. The average Bonchev–Trinajstić information content (AvgIpc) is 3.01. The van der Waals surface area contributed by atoms with Gasteiger partial charge in [-0.25, -0.2) is 17.6 Å². The second-order valence-electron chi connectivity index (χ2n) is 10.0. The Morgan fingerprint density at radius 2 is 1.63 bits per heavy atom. The number of anilines is 1. The molecule has 1 saturated heterocycles. The molecular formula is C29H27BrF4N4O7S. The number of nitrogens with one attached hydrogen (secondary N) is 4. The summed E-state index contributed by atoms with van der Waals surface area (Å²) in [6, 6.07) is 11.6. The first-order valence-corrected chi connectivity index (χ1v) is 15.9. The molecule has 0 aromatic heterocycles. The second-order valence-corrected chi connectivity index (χ2v) is 12.6. The van der Waals surface area contributed by atoms with Gasteiger partial charge in [-0.2, -0.15) is 13.2 Å². The number of hydrogen-bond acceptors (Lipinski definition) is 8. The molecule has 1 heterocycles. The Morgan fingerprint density at radius 1 is 0.935 bits per heavy atom. The van der Waals surface area contributed by atoms with Crippen molar-refractivity contribution in [2.24, 2.45) is 5.92 Å². The SMILES string of the molecule is O=C(CNC(=O)c1ccc(S(=O)(=O)Nc2cc(F)ccc2Oc2ccc(Br)cc2)cc1OC(=O)C(F)(F)F)NCC1CCNCC1. The highest BCUT2D eigenvalue weighted by Gasteiger charge is 2.42. The first kappa shape index (κ1) is 34.6. The number of hydrogen-bond donors (Lipinski definition) is 4. The Morgan fingerprint density at radius 3 is 2.30 bits per heavy atom. The summed E-state index contributed by atoms with van der Waals surface area (Å²) >= 11 is 3.27. The van der Waals surface area contributed by atoms with E-state index in [0.29, 0.717) is 12.6 Å². The summed E-state index contributed by atoms with van der Waals surface area (Å²) in [7, 11) is -4.71. The molecule has 1 aliphatic heterocycles. The van der Waals surface area contributed by atoms with Crippen molar-refractivity contribution in [2.45, 2.75) is 23.9 Å². The van der Waals surface area contributed by atoms with Gasteiger partial charge in [-0.3, -0.25) is 14.3 Å². The van der Waals surface area contributed by atoms with Crippen LogP contribution in [0.15, 0.2) is 70.0 Å². The molecule has 46 heavy (non-hydrogen) atoms. The molecule has 3 aromatic carbocycles. The molecule has 3 aromatic rings. The smallest absolute Gasteiger partial charge is 0.455 e. The van der Waals surface area contributed by atoms with Crippen LogP contribution in [0.5, 0.6) is 17.2 Å². The molecule has 0 aliphatic carbocycles. The minimum Gasteiger partial charge on any atom is -0.455 e. The highest BCUT2D eigenvalue weighted by Crippen LogP contribution is 2.34. The number of amides is 2. The number of benzene rings is 3. The van der Waals surface area contributed by atoms with Gasteiger partial charge < -0.3 is 25.4 Å². The van der Waals surface area contributed by atoms with Crippen LogP contribution in [0.25, 0.3) is 0 Å². The Hall–Kier alpha value is -4.22. The van der Waals surface area contributed by atoms with Crippen LogP contribution in [0, 0.1) is 11.7 Å². The first-order valence-electron chi connectivity index (χ1n) is 13.7. The van der Waals surface area contributed by atoms with Crippen LogP contribution in [0.2, 0.25) is 0 Å². The molecule has 0 spiro atoms. The molecule has 4 rings (SSSR count). The summed E-state index contributed by atoms with van der Waals surface area (Å²) in [5.41, 5.74) is -1.03. The third-order valence-electron chi connectivity index (χ3n) is 6.63. The fraction of sp³-hybridized carbons (Fsp3) is 0.276. The Balaban J connectivity index is 1.55. The molecule has 0 bridgehead atoms. The standard InChI is InChI=1S/C29H27BrF4N4O7S/c30-18-1-4-20(5-2-18)44-24-8-3-19(31)13-23(24)38-46(42,43)21-6-7-22(25(14-21)45-28(41)29(32,33)34)27(40)37-16-26(39)36-15-17-9-11-35-12-10-17/h1-8,13-14,17,35,38H,9-12,15-16H2,(H,36,39)(H,37,40). The van der Waals surface area contributed by atoms with E-state index in [2.05, 4.69) is 41.3 Å². The van der Waals surface area contributed by atoms with E-state index < -0.39 is 62.6 Å². The number of rotatable bonds is 11. The van der Waals surface area contributed by atoms with Crippen molar-refractivity contribution < 1.29 is 49.8 Å². The lowest BCUT2D eigenvalue weighted by Crippen LogP contribution is -2.41. The van der Waals surface area contributed by atoms with Gasteiger partial charge in [-0.1, -0.05) is 15.9 Å². The number of esters is 1. The lowest BCUT2D eigenvalue weighted by atomic mass is 9.98. The monoisotopic (exact) mass is 730 g/mol. The quantitative estimate of drug-likeness (QED) is 0.128. The molecule has 0 atom stereocenters. The van der Waals surface area contributed by atoms with Crippen molar-refractivity contribution >= 4 is 49.4 Å². The van der Waals surface area contributed by atoms with Crippen molar-refractivity contribution in [3.63, 3.8) is 0 Å². The highest BCUT2D eigenvalue weighted by atomic mass is 79.9. The van der Waals surface area contributed by atoms with E-state index in [1.807, 2.05) is 0 Å². The number of piperidine rings is 1. The Labute approximate surface area is 269 Å². The Bertz CT molecular complexity index is 1700. The Kier molecular flexibility index (Phi) is 11.2. The van der Waals surface area contributed by atoms with Crippen molar-refractivity contribution in [1.29, 1.82) is 0 Å². The molecule has 1 fully saturated rings. The fourth-order valence-electron chi connectivity index (χ4n) is 4.27. The van der Waals surface area contributed by atoms with E-state index in [9.17, 15) is 40.4 Å². The zero-order valence-corrected chi connectivity index (χ0v) is 26.2. The molecule has 2 amide bonds. The maximum atomic E-state index is 14.1. The second kappa shape index (κ2) is 14.9. The number of carbonyl (C=O) groups excluding carboxylic acids is 3. The van der Waals surface area contributed by atoms with Gasteiger partial charge in [0, 0.05) is 23.2 Å². The molecule has 0 saturated carbocycles. The van der Waals surface area contributed by atoms with Gasteiger partial charge in [0.1, 0.15) is 17.3 Å². The van der Waals surface area contributed by atoms with Crippen LogP contribution in [-0.2, 0) is 19.6 Å². The fourth-order valence-corrected chi connectivity index (χ4v) is 5.61. The zero-order chi connectivity index (χ0) is 33.5. The molecule has 0 radical (unpaired) electrons. The van der Waals surface area contributed by atoms with Gasteiger partial charge >= 0.3 is 12.1 Å². The van der Waals surface area contributed by atoms with Crippen molar-refractivity contribution in [2.75, 3.05) is 30.9 Å². The van der Waals surface area contributed by atoms with Gasteiger partial charge in [-0.05, 0) is 80.4 Å². The summed E-state index contributed by atoms with van der Waals surface area (Å²) in [5, 5.41) is 8.07. The van der Waals surface area contributed by atoms with Gasteiger partial charge in [0.15, 0.2) is 5.75 Å². The molecule has 1 aliphatic rings. The van der Waals surface area contributed by atoms with E-state index in [1.54, 1.807) is 24.3 Å². The first-order chi connectivity index (χ1) is 21.7. The van der Waals surface area contributed by atoms with E-state index in [1.165, 1.54) is 0 Å². The minimum atomic E-state index is -5.49. The van der Waals surface area contributed by atoms with Crippen molar-refractivity contribution in [3.05, 3.63) is 76.5 Å². The average molecular weight is 732 g/mol. The van der Waals surface area contributed by atoms with Gasteiger partial charge in [0.05, 0.1) is 22.7 Å². The summed E-state index contributed by atoms with van der Waals surface area (Å²) in [5.74, 6) is -5.91. The summed E-state index contributed by atoms with van der Waals surface area (Å²) in [6.07, 6.45) is -3.79. The summed E-state index contributed by atoms with van der Waals surface area (Å²) in [6.45, 7) is 1.42. The van der Waals surface area contributed by atoms with E-state index >= 15 is 0 Å². The maximum absolute atomic E-state index is 14.1. The van der Waals surface area contributed by atoms with Crippen LogP contribution in [-0.4, -0.2) is 58.6 Å². The van der Waals surface area contributed by atoms with Gasteiger partial charge in [0.25, 0.3) is 15.9 Å². The normalized spacial score (nSPS) is 13.8. The predicted octanol–water partition coefficient (Wildman–Crippen LogP) is 4.49. The lowest BCUT2D eigenvalue weighted by Gasteiger charge is -2.22. The predicted molar refractivity (Wildman–Crippen MR) is 160 cm³/mol. The van der Waals surface area contributed by atoms with Gasteiger partial charge in [-0.15, -0.1) is 0 Å². The molecule has 246 valence electrons. The third kappa shape index (κ3) is 9.64. The number of ether oxygens (including phenoxy) is 2. The molecular weight excluding hydrogens is 704 g/mol.